The van der Waals surface area contributed by atoms with Crippen molar-refractivity contribution in [2.75, 3.05) is 10.6 Å². The van der Waals surface area contributed by atoms with Crippen LogP contribution in [0.2, 0.25) is 5.02 Å². The fraction of sp³-hybridized carbons (Fsp3) is 0.0385. The summed E-state index contributed by atoms with van der Waals surface area (Å²) in [5, 5.41) is 20.7. The van der Waals surface area contributed by atoms with Crippen molar-refractivity contribution in [1.82, 2.24) is 4.98 Å². The van der Waals surface area contributed by atoms with Crippen molar-refractivity contribution in [3.8, 4) is 5.75 Å². The summed E-state index contributed by atoms with van der Waals surface area (Å²) >= 11 is 6.90. The molecule has 12 heteroatoms. The monoisotopic (exact) mass is 567 g/mol. The normalized spacial score (nSPS) is 15.8. The van der Waals surface area contributed by atoms with E-state index in [0.717, 1.165) is 11.1 Å². The van der Waals surface area contributed by atoms with Gasteiger partial charge in [0.25, 0.3) is 5.91 Å². The lowest BCUT2D eigenvalue weighted by Gasteiger charge is -2.24. The summed E-state index contributed by atoms with van der Waals surface area (Å²) in [6, 6.07) is 16.3. The van der Waals surface area contributed by atoms with Gasteiger partial charge in [-0.05, 0) is 66.2 Å². The Kier molecular flexibility index (Phi) is 6.43. The molecule has 0 saturated heterocycles. The molecule has 1 aliphatic heterocycles. The van der Waals surface area contributed by atoms with Gasteiger partial charge in [-0.2, -0.15) is 0 Å². The number of nitrogens with two attached hydrogens (primary N) is 1. The number of sulfone groups is 1. The smallest absolute Gasteiger partial charge is 0.296 e. The average molecular weight is 568 g/mol. The Hall–Kier alpha value is -4.19. The molecule has 0 spiro atoms. The molecule has 0 radical (unpaired) electrons. The van der Waals surface area contributed by atoms with Crippen LogP contribution in [0.4, 0.5) is 10.8 Å². The Morgan fingerprint density at radius 1 is 1.03 bits per heavy atom. The number of halogens is 1. The van der Waals surface area contributed by atoms with E-state index in [1.54, 1.807) is 24.3 Å². The number of phenolic OH excluding ortho intramolecular Hbond substituents is 1. The Balaban J connectivity index is 1.61. The Labute approximate surface area is 226 Å². The summed E-state index contributed by atoms with van der Waals surface area (Å²) in [6.45, 7) is 0. The molecule has 1 amide bonds. The Morgan fingerprint density at radius 3 is 2.37 bits per heavy atom. The second-order valence-corrected chi connectivity index (χ2v) is 11.9. The molecule has 9 nitrogen and oxygen atoms in total. The van der Waals surface area contributed by atoms with E-state index in [4.69, 9.17) is 17.3 Å². The van der Waals surface area contributed by atoms with Gasteiger partial charge < -0.3 is 15.9 Å². The van der Waals surface area contributed by atoms with Crippen molar-refractivity contribution >= 4 is 55.3 Å². The number of amides is 1. The highest BCUT2D eigenvalue weighted by atomic mass is 35.5. The van der Waals surface area contributed by atoms with Gasteiger partial charge in [0, 0.05) is 16.3 Å². The summed E-state index contributed by atoms with van der Waals surface area (Å²) in [6.07, 6.45) is 1.10. The summed E-state index contributed by atoms with van der Waals surface area (Å²) in [4.78, 5) is 32.0. The molecule has 1 aliphatic rings. The van der Waals surface area contributed by atoms with Crippen LogP contribution in [0.25, 0.3) is 0 Å². The molecule has 1 atom stereocenters. The molecule has 1 unspecified atom stereocenters. The van der Waals surface area contributed by atoms with Crippen molar-refractivity contribution in [3.05, 3.63) is 106 Å². The van der Waals surface area contributed by atoms with E-state index in [-0.39, 0.29) is 31.1 Å². The van der Waals surface area contributed by atoms with Gasteiger partial charge in [-0.3, -0.25) is 14.5 Å². The van der Waals surface area contributed by atoms with Crippen molar-refractivity contribution in [1.29, 1.82) is 0 Å². The fourth-order valence-electron chi connectivity index (χ4n) is 4.04. The standard InChI is InChI=1S/C26H18ClN3O6S2/c27-16-3-1-2-15(12-16)22-21(23(32)14-4-6-17(28)7-5-14)24(33)25(34)30(22)26-29-13-20(37-26)38(35,36)19-10-8-18(31)9-11-19/h1-13,22,31,33H,28H2. The van der Waals surface area contributed by atoms with Crippen LogP contribution in [0, 0.1) is 0 Å². The number of rotatable bonds is 6. The molecule has 0 saturated carbocycles. The van der Waals surface area contributed by atoms with Gasteiger partial charge in [0.15, 0.2) is 16.7 Å². The minimum Gasteiger partial charge on any atom is -0.508 e. The number of thiazole rings is 1. The lowest BCUT2D eigenvalue weighted by atomic mass is 9.93. The van der Waals surface area contributed by atoms with Crippen LogP contribution in [0.5, 0.6) is 5.75 Å². The van der Waals surface area contributed by atoms with E-state index in [1.807, 2.05) is 0 Å². The van der Waals surface area contributed by atoms with Gasteiger partial charge in [0.2, 0.25) is 9.84 Å². The van der Waals surface area contributed by atoms with E-state index in [2.05, 4.69) is 4.98 Å². The van der Waals surface area contributed by atoms with E-state index in [0.29, 0.717) is 27.6 Å². The summed E-state index contributed by atoms with van der Waals surface area (Å²) < 4.78 is 26.1. The molecule has 0 bridgehead atoms. The van der Waals surface area contributed by atoms with Gasteiger partial charge in [-0.25, -0.2) is 13.4 Å². The molecule has 5 rings (SSSR count). The van der Waals surface area contributed by atoms with Gasteiger partial charge in [0.1, 0.15) is 9.96 Å². The number of Topliss-reactive ketones (excluding diaryl/α,β-unsaturated/α-hetero) is 1. The minimum atomic E-state index is -4.03. The largest absolute Gasteiger partial charge is 0.508 e. The van der Waals surface area contributed by atoms with Crippen LogP contribution < -0.4 is 10.6 Å². The highest BCUT2D eigenvalue weighted by molar-refractivity contribution is 7.93. The number of aromatic hydroxyl groups is 1. The molecular formula is C26H18ClN3O6S2. The number of hydrogen-bond acceptors (Lipinski definition) is 9. The maximum absolute atomic E-state index is 13.5. The number of nitrogen functional groups attached to an aromatic ring is 1. The number of anilines is 2. The fourth-order valence-corrected chi connectivity index (χ4v) is 6.79. The van der Waals surface area contributed by atoms with Crippen LogP contribution in [0.15, 0.2) is 99.4 Å². The van der Waals surface area contributed by atoms with Gasteiger partial charge in [-0.1, -0.05) is 35.1 Å². The number of ketones is 1. The van der Waals surface area contributed by atoms with Gasteiger partial charge >= 0.3 is 0 Å². The number of aliphatic hydroxyl groups is 1. The van der Waals surface area contributed by atoms with Crippen LogP contribution in [0.1, 0.15) is 22.0 Å². The van der Waals surface area contributed by atoms with Crippen molar-refractivity contribution < 1.29 is 28.2 Å². The molecule has 4 aromatic rings. The van der Waals surface area contributed by atoms with Crippen molar-refractivity contribution in [2.24, 2.45) is 0 Å². The van der Waals surface area contributed by atoms with E-state index in [9.17, 15) is 28.2 Å². The number of phenols is 1. The molecule has 38 heavy (non-hydrogen) atoms. The second-order valence-electron chi connectivity index (χ2n) is 8.31. The summed E-state index contributed by atoms with van der Waals surface area (Å²) in [7, 11) is -4.03. The number of carbonyl (C=O) groups excluding carboxylic acids is 2. The first-order chi connectivity index (χ1) is 18.1. The molecule has 0 fully saturated rings. The highest BCUT2D eigenvalue weighted by Gasteiger charge is 2.46. The third kappa shape index (κ3) is 4.40. The number of aliphatic hydroxyl groups excluding tert-OH is 1. The molecule has 2 heterocycles. The van der Waals surface area contributed by atoms with Gasteiger partial charge in [-0.15, -0.1) is 0 Å². The number of aromatic nitrogens is 1. The van der Waals surface area contributed by atoms with Gasteiger partial charge in [0.05, 0.1) is 22.7 Å². The molecule has 4 N–H and O–H groups in total. The topological polar surface area (TPSA) is 151 Å². The molecule has 1 aromatic heterocycles. The first-order valence-electron chi connectivity index (χ1n) is 11.0. The summed E-state index contributed by atoms with van der Waals surface area (Å²) in [5.41, 5.74) is 6.56. The van der Waals surface area contributed by atoms with Crippen LogP contribution in [0.3, 0.4) is 0 Å². The van der Waals surface area contributed by atoms with Crippen molar-refractivity contribution in [3.63, 3.8) is 0 Å². The maximum atomic E-state index is 13.5. The Morgan fingerprint density at radius 2 is 1.71 bits per heavy atom. The third-order valence-electron chi connectivity index (χ3n) is 5.88. The third-order valence-corrected chi connectivity index (χ3v) is 9.34. The maximum Gasteiger partial charge on any atom is 0.296 e. The van der Waals surface area contributed by atoms with Crippen LogP contribution in [-0.4, -0.2) is 35.3 Å². The number of carbonyl (C=O) groups is 2. The zero-order valence-corrected chi connectivity index (χ0v) is 21.7. The highest BCUT2D eigenvalue weighted by Crippen LogP contribution is 2.44. The zero-order chi connectivity index (χ0) is 27.2. The first kappa shape index (κ1) is 25.5. The quantitative estimate of drug-likeness (QED) is 0.224. The molecule has 192 valence electrons. The van der Waals surface area contributed by atoms with E-state index < -0.39 is 33.3 Å². The van der Waals surface area contributed by atoms with Crippen molar-refractivity contribution in [2.45, 2.75) is 15.1 Å². The number of nitrogens with zero attached hydrogens (tertiary/aromatic N) is 2. The molecular weight excluding hydrogens is 550 g/mol. The number of hydrogen-bond donors (Lipinski definition) is 3. The molecule has 3 aromatic carbocycles. The molecule has 0 aliphatic carbocycles. The predicted octanol–water partition coefficient (Wildman–Crippen LogP) is 4.70. The lowest BCUT2D eigenvalue weighted by molar-refractivity contribution is -0.117. The first-order valence-corrected chi connectivity index (χ1v) is 13.7. The van der Waals surface area contributed by atoms with Crippen LogP contribution >= 0.6 is 22.9 Å². The Bertz CT molecular complexity index is 1710. The van der Waals surface area contributed by atoms with E-state index >= 15 is 0 Å². The zero-order valence-electron chi connectivity index (χ0n) is 19.3. The van der Waals surface area contributed by atoms with E-state index in [1.165, 1.54) is 48.5 Å². The SMILES string of the molecule is Nc1ccc(C(=O)C2=C(O)C(=O)N(c3ncc(S(=O)(=O)c4ccc(O)cc4)s3)C2c2cccc(Cl)c2)cc1. The van der Waals surface area contributed by atoms with Crippen LogP contribution in [-0.2, 0) is 14.6 Å². The lowest BCUT2D eigenvalue weighted by Crippen LogP contribution is -2.31. The number of benzene rings is 3. The average Bonchev–Trinajstić information content (AvgIpc) is 3.48. The summed E-state index contributed by atoms with van der Waals surface area (Å²) in [5.74, 6) is -2.41. The predicted molar refractivity (Wildman–Crippen MR) is 142 cm³/mol. The minimum absolute atomic E-state index is 0.0519. The second kappa shape index (κ2) is 9.60.